The molecule has 238 valence electrons. The Labute approximate surface area is 291 Å². The number of pyridine rings is 1. The van der Waals surface area contributed by atoms with Crippen molar-refractivity contribution in [3.63, 3.8) is 0 Å². The van der Waals surface area contributed by atoms with Crippen LogP contribution in [-0.2, 0) is 0 Å². The van der Waals surface area contributed by atoms with Crippen molar-refractivity contribution in [1.82, 2.24) is 19.9 Å². The summed E-state index contributed by atoms with van der Waals surface area (Å²) in [5.74, 6) is 2.05. The van der Waals surface area contributed by atoms with Gasteiger partial charge in [-0.1, -0.05) is 91.1 Å². The highest BCUT2D eigenvalue weighted by Gasteiger charge is 2.30. The number of fused-ring (bicyclic) bond motifs is 7. The second kappa shape index (κ2) is 11.2. The van der Waals surface area contributed by atoms with E-state index in [0.29, 0.717) is 28.7 Å². The van der Waals surface area contributed by atoms with E-state index in [9.17, 15) is 0 Å². The van der Waals surface area contributed by atoms with Crippen molar-refractivity contribution in [1.29, 1.82) is 0 Å². The number of rotatable bonds is 4. The van der Waals surface area contributed by atoms with Gasteiger partial charge >= 0.3 is 0 Å². The summed E-state index contributed by atoms with van der Waals surface area (Å²) in [5, 5.41) is 3.29. The summed E-state index contributed by atoms with van der Waals surface area (Å²) in [6, 6.07) is 30.8. The fraction of sp³-hybridized carbons (Fsp3) is 0.0698. The van der Waals surface area contributed by atoms with Crippen LogP contribution in [0.3, 0.4) is 0 Å². The number of furan rings is 1. The Morgan fingerprint density at radius 1 is 0.700 bits per heavy atom. The van der Waals surface area contributed by atoms with Gasteiger partial charge in [0.15, 0.2) is 23.1 Å². The molecule has 0 spiro atoms. The first-order valence-electron chi connectivity index (χ1n) is 16.7. The number of anilines is 1. The highest BCUT2D eigenvalue weighted by atomic mass is 32.1. The largest absolute Gasteiger partial charge is 0.454 e. The molecule has 2 unspecified atom stereocenters. The van der Waals surface area contributed by atoms with Crippen LogP contribution < -0.4 is 5.73 Å². The molecule has 2 aliphatic carbocycles. The molecule has 8 aromatic rings. The van der Waals surface area contributed by atoms with E-state index in [1.807, 2.05) is 48.7 Å². The van der Waals surface area contributed by atoms with Gasteiger partial charge in [0.05, 0.1) is 0 Å². The highest BCUT2D eigenvalue weighted by Crippen LogP contribution is 2.46. The number of hydrogen-bond acceptors (Lipinski definition) is 7. The summed E-state index contributed by atoms with van der Waals surface area (Å²) in [6.07, 6.45) is 15.1. The lowest BCUT2D eigenvalue weighted by Crippen LogP contribution is -2.18. The van der Waals surface area contributed by atoms with Gasteiger partial charge in [-0.3, -0.25) is 4.98 Å². The van der Waals surface area contributed by atoms with E-state index >= 15 is 0 Å². The van der Waals surface area contributed by atoms with Crippen LogP contribution in [-0.4, -0.2) is 19.9 Å². The number of para-hydroxylation sites is 1. The molecule has 7 heteroatoms. The number of aromatic nitrogens is 4. The van der Waals surface area contributed by atoms with E-state index < -0.39 is 0 Å². The molecule has 0 radical (unpaired) electrons. The Balaban J connectivity index is 1.24. The summed E-state index contributed by atoms with van der Waals surface area (Å²) in [6.45, 7) is 2.16. The molecule has 10 rings (SSSR count). The molecular weight excluding hydrogens is 635 g/mol. The first-order chi connectivity index (χ1) is 24.6. The first kappa shape index (κ1) is 28.8. The molecule has 2 aliphatic rings. The fourth-order valence-electron chi connectivity index (χ4n) is 7.55. The maximum absolute atomic E-state index is 6.90. The molecule has 0 saturated heterocycles. The Bertz CT molecular complexity index is 2820. The van der Waals surface area contributed by atoms with E-state index in [0.717, 1.165) is 44.1 Å². The molecule has 2 N–H and O–H groups in total. The van der Waals surface area contributed by atoms with Crippen LogP contribution in [0.25, 0.3) is 82.0 Å². The summed E-state index contributed by atoms with van der Waals surface area (Å²) in [7, 11) is 0. The average molecular weight is 664 g/mol. The van der Waals surface area contributed by atoms with Crippen LogP contribution in [0.2, 0.25) is 0 Å². The van der Waals surface area contributed by atoms with Crippen LogP contribution in [0.15, 0.2) is 144 Å². The van der Waals surface area contributed by atoms with Gasteiger partial charge in [0.2, 0.25) is 0 Å². The third-order valence-electron chi connectivity index (χ3n) is 9.86. The topological polar surface area (TPSA) is 90.7 Å². The Kier molecular flexibility index (Phi) is 6.44. The SMILES string of the molecule is CC1=C(c2c(N)cccc2-c2nc(-c3cnc4c(c3)oc3ccccc34)nc(-c3cccc4sc5ccccc5c34)n2)C2C=CC=CC2C=C1. The third kappa shape index (κ3) is 4.47. The minimum atomic E-state index is 0.153. The molecule has 2 atom stereocenters. The number of nitrogens with zero attached hydrogens (tertiary/aromatic N) is 4. The summed E-state index contributed by atoms with van der Waals surface area (Å²) in [5.41, 5.74) is 15.7. The molecule has 0 amide bonds. The van der Waals surface area contributed by atoms with E-state index in [4.69, 9.17) is 30.1 Å². The number of benzene rings is 4. The van der Waals surface area contributed by atoms with Crippen molar-refractivity contribution in [2.24, 2.45) is 11.8 Å². The minimum absolute atomic E-state index is 0.153. The third-order valence-corrected chi connectivity index (χ3v) is 11.0. The minimum Gasteiger partial charge on any atom is -0.454 e. The molecule has 6 nitrogen and oxygen atoms in total. The van der Waals surface area contributed by atoms with Gasteiger partial charge in [-0.15, -0.1) is 11.3 Å². The fourth-order valence-corrected chi connectivity index (χ4v) is 8.68. The maximum Gasteiger partial charge on any atom is 0.165 e. The number of allylic oxidation sites excluding steroid dienone is 8. The average Bonchev–Trinajstić information content (AvgIpc) is 3.73. The van der Waals surface area contributed by atoms with Crippen LogP contribution in [0.4, 0.5) is 5.69 Å². The maximum atomic E-state index is 6.90. The zero-order valence-corrected chi connectivity index (χ0v) is 27.9. The van der Waals surface area contributed by atoms with Crippen molar-refractivity contribution in [2.45, 2.75) is 6.92 Å². The summed E-state index contributed by atoms with van der Waals surface area (Å²) < 4.78 is 8.64. The zero-order chi connectivity index (χ0) is 33.3. The van der Waals surface area contributed by atoms with Crippen molar-refractivity contribution in [3.05, 3.63) is 145 Å². The number of nitrogen functional groups attached to an aromatic ring is 1. The van der Waals surface area contributed by atoms with E-state index in [1.165, 1.54) is 25.9 Å². The lowest BCUT2D eigenvalue weighted by atomic mass is 9.73. The Morgan fingerprint density at radius 2 is 1.44 bits per heavy atom. The second-order valence-corrected chi connectivity index (χ2v) is 13.9. The van der Waals surface area contributed by atoms with Gasteiger partial charge in [0.1, 0.15) is 11.1 Å². The normalized spacial score (nSPS) is 17.1. The summed E-state index contributed by atoms with van der Waals surface area (Å²) >= 11 is 1.77. The van der Waals surface area contributed by atoms with Gasteiger partial charge in [-0.05, 0) is 54.5 Å². The van der Waals surface area contributed by atoms with Crippen LogP contribution >= 0.6 is 11.3 Å². The predicted molar refractivity (Wildman–Crippen MR) is 206 cm³/mol. The second-order valence-electron chi connectivity index (χ2n) is 12.9. The quantitative estimate of drug-likeness (QED) is 0.188. The zero-order valence-electron chi connectivity index (χ0n) is 27.0. The lowest BCUT2D eigenvalue weighted by molar-refractivity contribution is 0.668. The first-order valence-corrected chi connectivity index (χ1v) is 17.5. The standard InChI is InChI=1S/C43H29N5OS/c1-24-20-21-25-10-2-3-11-27(25)37(24)39-31(14-8-16-32(39)44)43-47-41(26-22-34-40(45-23-26)28-12-4-6-17-33(28)49-34)46-42(48-43)30-15-9-19-36-38(30)29-13-5-7-18-35(29)50-36/h2-23,25,27H,44H2,1H3. The molecule has 0 fully saturated rings. The molecule has 4 heterocycles. The predicted octanol–water partition coefficient (Wildman–Crippen LogP) is 10.8. The Hall–Kier alpha value is -6.18. The van der Waals surface area contributed by atoms with E-state index in [2.05, 4.69) is 91.9 Å². The van der Waals surface area contributed by atoms with Crippen LogP contribution in [0.1, 0.15) is 12.5 Å². The van der Waals surface area contributed by atoms with Gasteiger partial charge in [-0.2, -0.15) is 0 Å². The van der Waals surface area contributed by atoms with Crippen LogP contribution in [0.5, 0.6) is 0 Å². The summed E-state index contributed by atoms with van der Waals surface area (Å²) in [4.78, 5) is 20.5. The van der Waals surface area contributed by atoms with Crippen molar-refractivity contribution in [3.8, 4) is 34.2 Å². The smallest absolute Gasteiger partial charge is 0.165 e. The molecule has 0 aliphatic heterocycles. The number of hydrogen-bond donors (Lipinski definition) is 1. The van der Waals surface area contributed by atoms with Crippen molar-refractivity contribution < 1.29 is 4.42 Å². The monoisotopic (exact) mass is 663 g/mol. The molecule has 50 heavy (non-hydrogen) atoms. The molecular formula is C43H29N5OS. The van der Waals surface area contributed by atoms with Gasteiger partial charge in [0.25, 0.3) is 0 Å². The molecule has 0 bridgehead atoms. The molecule has 4 aromatic heterocycles. The van der Waals surface area contributed by atoms with Crippen LogP contribution in [0, 0.1) is 11.8 Å². The lowest BCUT2D eigenvalue weighted by Gasteiger charge is -2.31. The number of thiophene rings is 1. The van der Waals surface area contributed by atoms with E-state index in [-0.39, 0.29) is 11.8 Å². The number of nitrogens with two attached hydrogens (primary N) is 1. The highest BCUT2D eigenvalue weighted by molar-refractivity contribution is 7.25. The van der Waals surface area contributed by atoms with Crippen molar-refractivity contribution in [2.75, 3.05) is 5.73 Å². The molecule has 4 aromatic carbocycles. The van der Waals surface area contributed by atoms with Gasteiger partial charge in [0, 0.05) is 71.5 Å². The van der Waals surface area contributed by atoms with Gasteiger partial charge in [-0.25, -0.2) is 15.0 Å². The Morgan fingerprint density at radius 3 is 2.36 bits per heavy atom. The molecule has 0 saturated carbocycles. The van der Waals surface area contributed by atoms with Gasteiger partial charge < -0.3 is 10.2 Å². The van der Waals surface area contributed by atoms with E-state index in [1.54, 1.807) is 11.3 Å². The van der Waals surface area contributed by atoms with Crippen molar-refractivity contribution >= 4 is 64.8 Å².